The highest BCUT2D eigenvalue weighted by Gasteiger charge is 2.28. The number of rotatable bonds is 4. The molecule has 3 rings (SSSR count). The summed E-state index contributed by atoms with van der Waals surface area (Å²) in [7, 11) is 0. The van der Waals surface area contributed by atoms with E-state index >= 15 is 0 Å². The first-order valence-corrected chi connectivity index (χ1v) is 7.80. The SMILES string of the molecule is CCCC(=O)N1Cc2nc(C(=O)OCC)cn2-c2ccccc21. The highest BCUT2D eigenvalue weighted by atomic mass is 16.5. The molecule has 2 heterocycles. The van der Waals surface area contributed by atoms with Crippen molar-refractivity contribution in [2.75, 3.05) is 11.5 Å². The Bertz CT molecular complexity index is 751. The third kappa shape index (κ3) is 2.72. The zero-order valence-corrected chi connectivity index (χ0v) is 13.3. The highest BCUT2D eigenvalue weighted by Crippen LogP contribution is 2.32. The maximum absolute atomic E-state index is 12.4. The normalized spacial score (nSPS) is 12.5. The van der Waals surface area contributed by atoms with Crippen molar-refractivity contribution < 1.29 is 14.3 Å². The Hall–Kier alpha value is -2.63. The lowest BCUT2D eigenvalue weighted by Gasteiger charge is -2.30. The first-order valence-electron chi connectivity index (χ1n) is 7.80. The van der Waals surface area contributed by atoms with Gasteiger partial charge in [-0.25, -0.2) is 9.78 Å². The van der Waals surface area contributed by atoms with Gasteiger partial charge in [-0.1, -0.05) is 19.1 Å². The summed E-state index contributed by atoms with van der Waals surface area (Å²) in [6.45, 7) is 4.40. The van der Waals surface area contributed by atoms with Gasteiger partial charge in [0.05, 0.1) is 24.5 Å². The average molecular weight is 313 g/mol. The number of para-hydroxylation sites is 2. The molecule has 6 heteroatoms. The van der Waals surface area contributed by atoms with Crippen LogP contribution in [0.2, 0.25) is 0 Å². The van der Waals surface area contributed by atoms with Crippen molar-refractivity contribution in [1.29, 1.82) is 0 Å². The Morgan fingerprint density at radius 3 is 2.65 bits per heavy atom. The summed E-state index contributed by atoms with van der Waals surface area (Å²) < 4.78 is 6.87. The molecule has 1 amide bonds. The zero-order chi connectivity index (χ0) is 16.4. The van der Waals surface area contributed by atoms with E-state index in [9.17, 15) is 9.59 Å². The van der Waals surface area contributed by atoms with Crippen LogP contribution in [-0.2, 0) is 16.1 Å². The van der Waals surface area contributed by atoms with Crippen LogP contribution in [-0.4, -0.2) is 28.0 Å². The van der Waals surface area contributed by atoms with E-state index < -0.39 is 5.97 Å². The van der Waals surface area contributed by atoms with E-state index in [1.54, 1.807) is 18.0 Å². The molecule has 0 bridgehead atoms. The third-order valence-corrected chi connectivity index (χ3v) is 3.76. The number of benzene rings is 1. The van der Waals surface area contributed by atoms with Crippen molar-refractivity contribution in [2.45, 2.75) is 33.2 Å². The van der Waals surface area contributed by atoms with Crippen molar-refractivity contribution in [3.63, 3.8) is 0 Å². The minimum Gasteiger partial charge on any atom is -0.461 e. The summed E-state index contributed by atoms with van der Waals surface area (Å²) in [5.74, 6) is 0.279. The van der Waals surface area contributed by atoms with Gasteiger partial charge in [0.25, 0.3) is 0 Å². The first-order chi connectivity index (χ1) is 11.2. The van der Waals surface area contributed by atoms with Crippen LogP contribution in [0.3, 0.4) is 0 Å². The van der Waals surface area contributed by atoms with Gasteiger partial charge in [-0.2, -0.15) is 0 Å². The summed E-state index contributed by atoms with van der Waals surface area (Å²) in [4.78, 5) is 30.4. The molecular weight excluding hydrogens is 294 g/mol. The quantitative estimate of drug-likeness (QED) is 0.814. The second kappa shape index (κ2) is 6.24. The van der Waals surface area contributed by atoms with Crippen molar-refractivity contribution in [3.8, 4) is 5.69 Å². The van der Waals surface area contributed by atoms with Gasteiger partial charge in [0.2, 0.25) is 5.91 Å². The number of anilines is 1. The molecule has 0 aliphatic carbocycles. The number of aromatic nitrogens is 2. The molecule has 0 saturated carbocycles. The van der Waals surface area contributed by atoms with Crippen LogP contribution in [0.4, 0.5) is 5.69 Å². The molecule has 23 heavy (non-hydrogen) atoms. The molecule has 0 unspecified atom stereocenters. The number of ether oxygens (including phenoxy) is 1. The summed E-state index contributed by atoms with van der Waals surface area (Å²) >= 11 is 0. The number of fused-ring (bicyclic) bond motifs is 3. The minimum absolute atomic E-state index is 0.0619. The highest BCUT2D eigenvalue weighted by molar-refractivity contribution is 5.96. The molecule has 1 aromatic carbocycles. The Morgan fingerprint density at radius 2 is 1.96 bits per heavy atom. The number of carbonyl (C=O) groups excluding carboxylic acids is 2. The molecule has 2 aromatic rings. The zero-order valence-electron chi connectivity index (χ0n) is 13.3. The Morgan fingerprint density at radius 1 is 1.22 bits per heavy atom. The number of carbonyl (C=O) groups is 2. The van der Waals surface area contributed by atoms with Gasteiger partial charge < -0.3 is 9.64 Å². The van der Waals surface area contributed by atoms with E-state index in [1.807, 2.05) is 35.8 Å². The minimum atomic E-state index is -0.446. The van der Waals surface area contributed by atoms with Crippen LogP contribution < -0.4 is 4.90 Å². The fourth-order valence-electron chi connectivity index (χ4n) is 2.74. The molecule has 0 fully saturated rings. The summed E-state index contributed by atoms with van der Waals surface area (Å²) in [6, 6.07) is 7.64. The van der Waals surface area contributed by atoms with Gasteiger partial charge in [0, 0.05) is 12.6 Å². The van der Waals surface area contributed by atoms with Crippen LogP contribution >= 0.6 is 0 Å². The van der Waals surface area contributed by atoms with Gasteiger partial charge in [-0.3, -0.25) is 9.36 Å². The topological polar surface area (TPSA) is 64.4 Å². The fourth-order valence-corrected chi connectivity index (χ4v) is 2.74. The van der Waals surface area contributed by atoms with Crippen LogP contribution in [0.15, 0.2) is 30.5 Å². The Labute approximate surface area is 134 Å². The van der Waals surface area contributed by atoms with Gasteiger partial charge in [0.15, 0.2) is 5.69 Å². The lowest BCUT2D eigenvalue weighted by atomic mass is 10.1. The number of nitrogens with zero attached hydrogens (tertiary/aromatic N) is 3. The van der Waals surface area contributed by atoms with Crippen LogP contribution in [0.1, 0.15) is 43.0 Å². The van der Waals surface area contributed by atoms with E-state index in [2.05, 4.69) is 4.98 Å². The third-order valence-electron chi connectivity index (χ3n) is 3.76. The second-order valence-corrected chi connectivity index (χ2v) is 5.35. The van der Waals surface area contributed by atoms with Gasteiger partial charge in [0.1, 0.15) is 5.82 Å². The summed E-state index contributed by atoms with van der Waals surface area (Å²) in [5, 5.41) is 0. The number of amides is 1. The Balaban J connectivity index is 2.03. The maximum atomic E-state index is 12.4. The fraction of sp³-hybridized carbons (Fsp3) is 0.353. The number of esters is 1. The largest absolute Gasteiger partial charge is 0.461 e. The molecule has 6 nitrogen and oxygen atoms in total. The van der Waals surface area contributed by atoms with Crippen molar-refractivity contribution in [1.82, 2.24) is 9.55 Å². The second-order valence-electron chi connectivity index (χ2n) is 5.35. The molecule has 120 valence electrons. The van der Waals surface area contributed by atoms with Crippen LogP contribution in [0.25, 0.3) is 5.69 Å². The molecule has 0 atom stereocenters. The van der Waals surface area contributed by atoms with E-state index in [-0.39, 0.29) is 11.6 Å². The summed E-state index contributed by atoms with van der Waals surface area (Å²) in [6.07, 6.45) is 2.95. The van der Waals surface area contributed by atoms with E-state index in [0.717, 1.165) is 17.8 Å². The number of hydrogen-bond acceptors (Lipinski definition) is 4. The molecule has 1 aliphatic heterocycles. The molecule has 0 spiro atoms. The van der Waals surface area contributed by atoms with E-state index in [0.29, 0.717) is 25.4 Å². The van der Waals surface area contributed by atoms with Crippen LogP contribution in [0, 0.1) is 0 Å². The molecule has 0 saturated heterocycles. The van der Waals surface area contributed by atoms with Crippen molar-refractivity contribution in [3.05, 3.63) is 42.0 Å². The predicted octanol–water partition coefficient (Wildman–Crippen LogP) is 2.70. The lowest BCUT2D eigenvalue weighted by molar-refractivity contribution is -0.118. The number of imidazole rings is 1. The molecule has 0 N–H and O–H groups in total. The van der Waals surface area contributed by atoms with Crippen molar-refractivity contribution >= 4 is 17.6 Å². The lowest BCUT2D eigenvalue weighted by Crippen LogP contribution is -2.35. The molecular formula is C17H19N3O3. The molecule has 0 radical (unpaired) electrons. The predicted molar refractivity (Wildman–Crippen MR) is 85.6 cm³/mol. The first kappa shape index (κ1) is 15.3. The monoisotopic (exact) mass is 313 g/mol. The van der Waals surface area contributed by atoms with Gasteiger partial charge in [-0.15, -0.1) is 0 Å². The van der Waals surface area contributed by atoms with E-state index in [1.165, 1.54) is 0 Å². The summed E-state index contributed by atoms with van der Waals surface area (Å²) in [5.41, 5.74) is 1.95. The van der Waals surface area contributed by atoms with Crippen molar-refractivity contribution in [2.24, 2.45) is 0 Å². The number of hydrogen-bond donors (Lipinski definition) is 0. The van der Waals surface area contributed by atoms with Crippen LogP contribution in [0.5, 0.6) is 0 Å². The standard InChI is InChI=1S/C17H19N3O3/c1-3-7-16(21)20-11-15-18-12(17(22)23-4-2)10-19(15)13-8-5-6-9-14(13)20/h5-6,8-10H,3-4,7,11H2,1-2H3. The maximum Gasteiger partial charge on any atom is 0.358 e. The molecule has 1 aromatic heterocycles. The van der Waals surface area contributed by atoms with E-state index in [4.69, 9.17) is 4.74 Å². The van der Waals surface area contributed by atoms with Gasteiger partial charge >= 0.3 is 5.97 Å². The smallest absolute Gasteiger partial charge is 0.358 e. The Kier molecular flexibility index (Phi) is 4.14. The average Bonchev–Trinajstić information content (AvgIpc) is 2.99. The van der Waals surface area contributed by atoms with Gasteiger partial charge in [-0.05, 0) is 25.5 Å². The molecule has 1 aliphatic rings.